The van der Waals surface area contributed by atoms with Crippen LogP contribution in [-0.2, 0) is 4.79 Å². The first kappa shape index (κ1) is 11.6. The van der Waals surface area contributed by atoms with E-state index in [0.29, 0.717) is 11.7 Å². The summed E-state index contributed by atoms with van der Waals surface area (Å²) in [7, 11) is 0. The molecule has 0 aliphatic heterocycles. The predicted molar refractivity (Wildman–Crippen MR) is 58.3 cm³/mol. The highest BCUT2D eigenvalue weighted by Crippen LogP contribution is 2.21. The van der Waals surface area contributed by atoms with Crippen LogP contribution < -0.4 is 4.74 Å². The lowest BCUT2D eigenvalue weighted by Crippen LogP contribution is -2.09. The smallest absolute Gasteiger partial charge is 0.341 e. The van der Waals surface area contributed by atoms with Crippen LogP contribution in [0.1, 0.15) is 31.7 Å². The van der Waals surface area contributed by atoms with Crippen LogP contribution in [0.3, 0.4) is 0 Å². The monoisotopic (exact) mass is 208 g/mol. The molecule has 0 aromatic heterocycles. The minimum Gasteiger partial charge on any atom is -0.482 e. The SMILES string of the molecule is CC[C@@H](C)c1ccc(OCC(=O)O)cc1. The summed E-state index contributed by atoms with van der Waals surface area (Å²) in [6.07, 6.45) is 1.09. The second-order valence-corrected chi connectivity index (χ2v) is 3.56. The van der Waals surface area contributed by atoms with Gasteiger partial charge in [-0.05, 0) is 30.0 Å². The zero-order valence-corrected chi connectivity index (χ0v) is 9.06. The lowest BCUT2D eigenvalue weighted by atomic mass is 9.99. The Morgan fingerprint density at radius 3 is 2.47 bits per heavy atom. The molecule has 0 aliphatic carbocycles. The molecule has 0 amide bonds. The number of hydrogen-bond donors (Lipinski definition) is 1. The third-order valence-corrected chi connectivity index (χ3v) is 2.42. The van der Waals surface area contributed by atoms with Gasteiger partial charge in [0.25, 0.3) is 0 Å². The second-order valence-electron chi connectivity index (χ2n) is 3.56. The Hall–Kier alpha value is -1.51. The maximum absolute atomic E-state index is 10.3. The van der Waals surface area contributed by atoms with E-state index in [0.717, 1.165) is 6.42 Å². The van der Waals surface area contributed by atoms with Gasteiger partial charge >= 0.3 is 5.97 Å². The average Bonchev–Trinajstić information content (AvgIpc) is 2.26. The summed E-state index contributed by atoms with van der Waals surface area (Å²) in [5.41, 5.74) is 1.25. The molecule has 1 N–H and O–H groups in total. The zero-order valence-electron chi connectivity index (χ0n) is 9.06. The molecule has 15 heavy (non-hydrogen) atoms. The molecule has 0 radical (unpaired) electrons. The van der Waals surface area contributed by atoms with Crippen LogP contribution in [0.15, 0.2) is 24.3 Å². The minimum atomic E-state index is -0.957. The molecule has 0 heterocycles. The summed E-state index contributed by atoms with van der Waals surface area (Å²) in [5.74, 6) is 0.170. The summed E-state index contributed by atoms with van der Waals surface area (Å²) in [5, 5.41) is 8.43. The van der Waals surface area contributed by atoms with Gasteiger partial charge < -0.3 is 9.84 Å². The van der Waals surface area contributed by atoms with Gasteiger partial charge in [-0.3, -0.25) is 0 Å². The van der Waals surface area contributed by atoms with Crippen LogP contribution in [-0.4, -0.2) is 17.7 Å². The van der Waals surface area contributed by atoms with Crippen molar-refractivity contribution in [2.75, 3.05) is 6.61 Å². The van der Waals surface area contributed by atoms with E-state index in [1.165, 1.54) is 5.56 Å². The van der Waals surface area contributed by atoms with Gasteiger partial charge in [0, 0.05) is 0 Å². The molecule has 1 atom stereocenters. The van der Waals surface area contributed by atoms with Crippen molar-refractivity contribution in [2.24, 2.45) is 0 Å². The Labute approximate surface area is 89.7 Å². The Kier molecular flexibility index (Phi) is 4.16. The average molecular weight is 208 g/mol. The van der Waals surface area contributed by atoms with Gasteiger partial charge in [-0.1, -0.05) is 26.0 Å². The van der Waals surface area contributed by atoms with Gasteiger partial charge in [-0.15, -0.1) is 0 Å². The summed E-state index contributed by atoms with van der Waals surface area (Å²) >= 11 is 0. The minimum absolute atomic E-state index is 0.289. The lowest BCUT2D eigenvalue weighted by Gasteiger charge is -2.09. The van der Waals surface area contributed by atoms with Crippen molar-refractivity contribution < 1.29 is 14.6 Å². The van der Waals surface area contributed by atoms with E-state index in [9.17, 15) is 4.79 Å². The van der Waals surface area contributed by atoms with Crippen molar-refractivity contribution in [1.82, 2.24) is 0 Å². The Bertz CT molecular complexity index is 316. The number of carboxylic acids is 1. The molecule has 0 saturated carbocycles. The molecule has 1 aromatic carbocycles. The van der Waals surface area contributed by atoms with Crippen molar-refractivity contribution in [3.63, 3.8) is 0 Å². The molecule has 3 nitrogen and oxygen atoms in total. The molecule has 1 aromatic rings. The van der Waals surface area contributed by atoms with Gasteiger partial charge in [-0.25, -0.2) is 4.79 Å². The number of ether oxygens (including phenoxy) is 1. The molecule has 0 bridgehead atoms. The highest BCUT2D eigenvalue weighted by molar-refractivity contribution is 5.68. The van der Waals surface area contributed by atoms with Crippen molar-refractivity contribution in [1.29, 1.82) is 0 Å². The lowest BCUT2D eigenvalue weighted by molar-refractivity contribution is -0.139. The number of hydrogen-bond acceptors (Lipinski definition) is 2. The van der Waals surface area contributed by atoms with E-state index >= 15 is 0 Å². The van der Waals surface area contributed by atoms with Gasteiger partial charge in [0.05, 0.1) is 0 Å². The maximum atomic E-state index is 10.3. The highest BCUT2D eigenvalue weighted by Gasteiger charge is 2.03. The van der Waals surface area contributed by atoms with E-state index in [4.69, 9.17) is 9.84 Å². The van der Waals surface area contributed by atoms with Gasteiger partial charge in [0.15, 0.2) is 6.61 Å². The van der Waals surface area contributed by atoms with Crippen LogP contribution >= 0.6 is 0 Å². The van der Waals surface area contributed by atoms with Crippen molar-refractivity contribution in [3.8, 4) is 5.75 Å². The largest absolute Gasteiger partial charge is 0.482 e. The van der Waals surface area contributed by atoms with Gasteiger partial charge in [0.2, 0.25) is 0 Å². The maximum Gasteiger partial charge on any atom is 0.341 e. The Morgan fingerprint density at radius 1 is 1.40 bits per heavy atom. The Balaban J connectivity index is 2.60. The first-order chi connectivity index (χ1) is 7.13. The molecule has 0 saturated heterocycles. The number of rotatable bonds is 5. The molecule has 0 fully saturated rings. The van der Waals surface area contributed by atoms with Crippen molar-refractivity contribution in [3.05, 3.63) is 29.8 Å². The van der Waals surface area contributed by atoms with Crippen molar-refractivity contribution >= 4 is 5.97 Å². The molecule has 0 spiro atoms. The second kappa shape index (κ2) is 5.39. The number of carbonyl (C=O) groups is 1. The number of aliphatic carboxylic acids is 1. The van der Waals surface area contributed by atoms with Crippen LogP contribution in [0.5, 0.6) is 5.75 Å². The fourth-order valence-corrected chi connectivity index (χ4v) is 1.27. The van der Waals surface area contributed by atoms with E-state index in [1.807, 2.05) is 24.3 Å². The van der Waals surface area contributed by atoms with E-state index in [2.05, 4.69) is 13.8 Å². The fraction of sp³-hybridized carbons (Fsp3) is 0.417. The van der Waals surface area contributed by atoms with E-state index in [1.54, 1.807) is 0 Å². The predicted octanol–water partition coefficient (Wildman–Crippen LogP) is 2.66. The molecule has 82 valence electrons. The van der Waals surface area contributed by atoms with Gasteiger partial charge in [0.1, 0.15) is 5.75 Å². The number of benzene rings is 1. The first-order valence-corrected chi connectivity index (χ1v) is 5.08. The van der Waals surface area contributed by atoms with Crippen LogP contribution in [0.4, 0.5) is 0 Å². The molecule has 0 aliphatic rings. The van der Waals surface area contributed by atoms with Crippen LogP contribution in [0, 0.1) is 0 Å². The quantitative estimate of drug-likeness (QED) is 0.809. The molecule has 3 heteroatoms. The molecular formula is C12H16O3. The third-order valence-electron chi connectivity index (χ3n) is 2.42. The summed E-state index contributed by atoms with van der Waals surface area (Å²) in [6, 6.07) is 7.57. The Morgan fingerprint density at radius 2 is 2.00 bits per heavy atom. The normalized spacial score (nSPS) is 12.1. The van der Waals surface area contributed by atoms with E-state index < -0.39 is 5.97 Å². The van der Waals surface area contributed by atoms with Crippen LogP contribution in [0.2, 0.25) is 0 Å². The van der Waals surface area contributed by atoms with Gasteiger partial charge in [-0.2, -0.15) is 0 Å². The van der Waals surface area contributed by atoms with Crippen LogP contribution in [0.25, 0.3) is 0 Å². The fourth-order valence-electron chi connectivity index (χ4n) is 1.27. The molecular weight excluding hydrogens is 192 g/mol. The third kappa shape index (κ3) is 3.62. The highest BCUT2D eigenvalue weighted by atomic mass is 16.5. The van der Waals surface area contributed by atoms with E-state index in [-0.39, 0.29) is 6.61 Å². The first-order valence-electron chi connectivity index (χ1n) is 5.08. The summed E-state index contributed by atoms with van der Waals surface area (Å²) in [4.78, 5) is 10.3. The summed E-state index contributed by atoms with van der Waals surface area (Å²) < 4.78 is 5.04. The topological polar surface area (TPSA) is 46.5 Å². The summed E-state index contributed by atoms with van der Waals surface area (Å²) in [6.45, 7) is 4.01. The molecule has 1 rings (SSSR count). The standard InChI is InChI=1S/C12H16O3/c1-3-9(2)10-4-6-11(7-5-10)15-8-12(13)14/h4-7,9H,3,8H2,1-2H3,(H,13,14)/t9-/m1/s1. The molecule has 0 unspecified atom stereocenters. The zero-order chi connectivity index (χ0) is 11.3. The number of carboxylic acid groups (broad SMARTS) is 1. The van der Waals surface area contributed by atoms with Crippen molar-refractivity contribution in [2.45, 2.75) is 26.2 Å².